The fourth-order valence-electron chi connectivity index (χ4n) is 3.23. The highest BCUT2D eigenvalue weighted by atomic mass is 79.9. The Morgan fingerprint density at radius 2 is 2.10 bits per heavy atom. The van der Waals surface area contributed by atoms with Crippen LogP contribution in [0.5, 0.6) is 0 Å². The molecule has 3 rings (SSSR count). The molecule has 0 spiro atoms. The molecule has 1 aromatic carbocycles. The molecule has 0 bridgehead atoms. The summed E-state index contributed by atoms with van der Waals surface area (Å²) >= 11 is 10.0. The quantitative estimate of drug-likeness (QED) is 0.845. The van der Waals surface area contributed by atoms with Crippen LogP contribution in [0.4, 0.5) is 5.69 Å². The largest absolute Gasteiger partial charge is 0.365 e. The predicted molar refractivity (Wildman–Crippen MR) is 89.8 cm³/mol. The van der Waals surface area contributed by atoms with E-state index in [9.17, 15) is 0 Å². The maximum Gasteiger partial charge on any atom is 0.0529 e. The fraction of sp³-hybridized carbons (Fsp3) is 0.625. The molecular formula is C16H22BrClN2. The first-order valence-corrected chi connectivity index (χ1v) is 8.55. The van der Waals surface area contributed by atoms with Crippen LogP contribution in [-0.4, -0.2) is 24.7 Å². The molecule has 2 aliphatic rings. The summed E-state index contributed by atoms with van der Waals surface area (Å²) in [6.45, 7) is 8.78. The van der Waals surface area contributed by atoms with Gasteiger partial charge in [0, 0.05) is 34.2 Å². The highest BCUT2D eigenvalue weighted by Crippen LogP contribution is 2.43. The topological polar surface area (TPSA) is 15.3 Å². The lowest BCUT2D eigenvalue weighted by molar-refractivity contribution is 0.260. The van der Waals surface area contributed by atoms with E-state index in [1.807, 2.05) is 6.92 Å². The van der Waals surface area contributed by atoms with Crippen molar-refractivity contribution in [2.45, 2.75) is 45.2 Å². The first-order chi connectivity index (χ1) is 9.40. The van der Waals surface area contributed by atoms with Gasteiger partial charge in [0.2, 0.25) is 0 Å². The van der Waals surface area contributed by atoms with Gasteiger partial charge < -0.3 is 10.2 Å². The van der Waals surface area contributed by atoms with Crippen LogP contribution in [-0.2, 0) is 0 Å². The summed E-state index contributed by atoms with van der Waals surface area (Å²) in [4.78, 5) is 2.50. The molecule has 1 saturated heterocycles. The van der Waals surface area contributed by atoms with E-state index in [4.69, 9.17) is 11.6 Å². The van der Waals surface area contributed by atoms with Crippen molar-refractivity contribution < 1.29 is 0 Å². The standard InChI is InChI=1S/C16H22BrClN2/c1-10-6-13(17)15(7-14(10)18)20-9-16(3,12-4-5-12)19-8-11(20)2/h6-7,11-12,19H,4-5,8-9H2,1-3H3. The van der Waals surface area contributed by atoms with Crippen molar-refractivity contribution in [2.75, 3.05) is 18.0 Å². The van der Waals surface area contributed by atoms with Gasteiger partial charge in [-0.25, -0.2) is 0 Å². The van der Waals surface area contributed by atoms with Crippen molar-refractivity contribution in [2.24, 2.45) is 5.92 Å². The lowest BCUT2D eigenvalue weighted by atomic mass is 9.91. The molecule has 20 heavy (non-hydrogen) atoms. The summed E-state index contributed by atoms with van der Waals surface area (Å²) in [5, 5.41) is 4.61. The SMILES string of the molecule is Cc1cc(Br)c(N2CC(C)(C3CC3)NCC2C)cc1Cl. The molecule has 2 unspecified atom stereocenters. The van der Waals surface area contributed by atoms with Gasteiger partial charge in [-0.3, -0.25) is 0 Å². The number of anilines is 1. The van der Waals surface area contributed by atoms with E-state index < -0.39 is 0 Å². The molecule has 1 heterocycles. The normalized spacial score (nSPS) is 30.6. The molecule has 2 atom stereocenters. The minimum atomic E-state index is 0.239. The number of hydrogen-bond acceptors (Lipinski definition) is 2. The van der Waals surface area contributed by atoms with Gasteiger partial charge in [-0.2, -0.15) is 0 Å². The smallest absolute Gasteiger partial charge is 0.0529 e. The maximum atomic E-state index is 6.34. The van der Waals surface area contributed by atoms with Crippen LogP contribution in [0.25, 0.3) is 0 Å². The van der Waals surface area contributed by atoms with E-state index in [0.29, 0.717) is 6.04 Å². The number of nitrogens with zero attached hydrogens (tertiary/aromatic N) is 1. The van der Waals surface area contributed by atoms with Crippen LogP contribution >= 0.6 is 27.5 Å². The minimum absolute atomic E-state index is 0.239. The Morgan fingerprint density at radius 3 is 2.75 bits per heavy atom. The number of benzene rings is 1. The van der Waals surface area contributed by atoms with Gasteiger partial charge in [-0.1, -0.05) is 11.6 Å². The average molecular weight is 358 g/mol. The minimum Gasteiger partial charge on any atom is -0.365 e. The van der Waals surface area contributed by atoms with Crippen molar-refractivity contribution >= 4 is 33.2 Å². The molecule has 0 radical (unpaired) electrons. The zero-order valence-corrected chi connectivity index (χ0v) is 14.7. The van der Waals surface area contributed by atoms with Gasteiger partial charge in [-0.15, -0.1) is 0 Å². The number of nitrogens with one attached hydrogen (secondary N) is 1. The Balaban J connectivity index is 1.93. The molecule has 1 N–H and O–H groups in total. The Hall–Kier alpha value is -0.250. The number of rotatable bonds is 2. The van der Waals surface area contributed by atoms with E-state index in [2.05, 4.69) is 52.1 Å². The van der Waals surface area contributed by atoms with E-state index >= 15 is 0 Å². The van der Waals surface area contributed by atoms with E-state index in [1.165, 1.54) is 18.5 Å². The number of halogens is 2. The Bertz CT molecular complexity index is 529. The third-order valence-electron chi connectivity index (χ3n) is 4.85. The third-order valence-corrected chi connectivity index (χ3v) is 5.89. The van der Waals surface area contributed by atoms with Crippen LogP contribution in [0.15, 0.2) is 16.6 Å². The van der Waals surface area contributed by atoms with Gasteiger partial charge in [0.1, 0.15) is 0 Å². The first kappa shape index (κ1) is 14.7. The molecule has 1 aromatic rings. The zero-order valence-electron chi connectivity index (χ0n) is 12.3. The van der Waals surface area contributed by atoms with Crippen LogP contribution in [0, 0.1) is 12.8 Å². The van der Waals surface area contributed by atoms with Crippen molar-refractivity contribution in [3.05, 3.63) is 27.2 Å². The van der Waals surface area contributed by atoms with Crippen LogP contribution in [0.2, 0.25) is 5.02 Å². The van der Waals surface area contributed by atoms with Gasteiger partial charge in [0.25, 0.3) is 0 Å². The average Bonchev–Trinajstić information content (AvgIpc) is 3.22. The predicted octanol–water partition coefficient (Wildman–Crippen LogP) is 4.38. The highest BCUT2D eigenvalue weighted by Gasteiger charge is 2.45. The Morgan fingerprint density at radius 1 is 1.40 bits per heavy atom. The summed E-state index contributed by atoms with van der Waals surface area (Å²) in [5.41, 5.74) is 2.58. The van der Waals surface area contributed by atoms with Crippen molar-refractivity contribution in [3.63, 3.8) is 0 Å². The number of piperazine rings is 1. The first-order valence-electron chi connectivity index (χ1n) is 7.38. The Kier molecular flexibility index (Phi) is 3.81. The van der Waals surface area contributed by atoms with Gasteiger partial charge in [0.05, 0.1) is 5.69 Å². The highest BCUT2D eigenvalue weighted by molar-refractivity contribution is 9.10. The van der Waals surface area contributed by atoms with Crippen LogP contribution in [0.3, 0.4) is 0 Å². The summed E-state index contributed by atoms with van der Waals surface area (Å²) < 4.78 is 1.14. The van der Waals surface area contributed by atoms with E-state index in [1.54, 1.807) is 0 Å². The maximum absolute atomic E-state index is 6.34. The zero-order chi connectivity index (χ0) is 14.5. The Labute approximate surface area is 135 Å². The van der Waals surface area contributed by atoms with Crippen molar-refractivity contribution in [1.82, 2.24) is 5.32 Å². The van der Waals surface area contributed by atoms with Gasteiger partial charge >= 0.3 is 0 Å². The monoisotopic (exact) mass is 356 g/mol. The second-order valence-corrected chi connectivity index (χ2v) is 7.86. The number of hydrogen-bond donors (Lipinski definition) is 1. The molecule has 2 nitrogen and oxygen atoms in total. The van der Waals surface area contributed by atoms with Crippen molar-refractivity contribution in [1.29, 1.82) is 0 Å². The van der Waals surface area contributed by atoms with Gasteiger partial charge in [0.15, 0.2) is 0 Å². The molecule has 4 heteroatoms. The lowest BCUT2D eigenvalue weighted by Crippen LogP contribution is -2.63. The third kappa shape index (κ3) is 2.60. The molecule has 0 aromatic heterocycles. The summed E-state index contributed by atoms with van der Waals surface area (Å²) in [5.74, 6) is 0.831. The van der Waals surface area contributed by atoms with E-state index in [-0.39, 0.29) is 5.54 Å². The van der Waals surface area contributed by atoms with Gasteiger partial charge in [-0.05, 0) is 73.2 Å². The summed E-state index contributed by atoms with van der Waals surface area (Å²) in [6.07, 6.45) is 2.73. The summed E-state index contributed by atoms with van der Waals surface area (Å²) in [6, 6.07) is 4.72. The summed E-state index contributed by atoms with van der Waals surface area (Å²) in [7, 11) is 0. The van der Waals surface area contributed by atoms with Crippen LogP contribution in [0.1, 0.15) is 32.3 Å². The molecule has 2 fully saturated rings. The number of aryl methyl sites for hydroxylation is 1. The second-order valence-electron chi connectivity index (χ2n) is 6.60. The molecule has 1 aliphatic heterocycles. The van der Waals surface area contributed by atoms with Crippen LogP contribution < -0.4 is 10.2 Å². The van der Waals surface area contributed by atoms with Crippen molar-refractivity contribution in [3.8, 4) is 0 Å². The molecule has 1 aliphatic carbocycles. The molecular weight excluding hydrogens is 336 g/mol. The van der Waals surface area contributed by atoms with E-state index in [0.717, 1.165) is 34.1 Å². The molecule has 0 amide bonds. The molecule has 1 saturated carbocycles. The lowest BCUT2D eigenvalue weighted by Gasteiger charge is -2.47. The second kappa shape index (κ2) is 5.19. The fourth-order valence-corrected chi connectivity index (χ4v) is 4.07. The molecule has 110 valence electrons.